The Hall–Kier alpha value is -1.13. The van der Waals surface area contributed by atoms with Crippen LogP contribution in [0, 0.1) is 0 Å². The first-order valence-electron chi connectivity index (χ1n) is 5.16. The van der Waals surface area contributed by atoms with Gasteiger partial charge in [-0.1, -0.05) is 20.8 Å². The lowest BCUT2D eigenvalue weighted by Gasteiger charge is -2.13. The van der Waals surface area contributed by atoms with Crippen LogP contribution in [0.1, 0.15) is 43.3 Å². The Morgan fingerprint density at radius 2 is 2.19 bits per heavy atom. The molecular weight excluding hydrogens is 222 g/mol. The molecule has 2 rings (SSSR count). The van der Waals surface area contributed by atoms with Crippen molar-refractivity contribution in [3.8, 4) is 0 Å². The summed E-state index contributed by atoms with van der Waals surface area (Å²) in [4.78, 5) is 4.45. The van der Waals surface area contributed by atoms with Crippen molar-refractivity contribution in [2.75, 3.05) is 0 Å². The molecule has 0 bridgehead atoms. The molecule has 2 heterocycles. The Morgan fingerprint density at radius 1 is 1.44 bits per heavy atom. The lowest BCUT2D eigenvalue weighted by molar-refractivity contribution is 0.185. The first-order chi connectivity index (χ1) is 7.48. The first-order valence-corrected chi connectivity index (χ1v) is 6.04. The van der Waals surface area contributed by atoms with Gasteiger partial charge in [0.15, 0.2) is 6.10 Å². The van der Waals surface area contributed by atoms with Gasteiger partial charge in [-0.2, -0.15) is 0 Å². The summed E-state index contributed by atoms with van der Waals surface area (Å²) >= 11 is 1.57. The van der Waals surface area contributed by atoms with Crippen molar-refractivity contribution < 1.29 is 9.52 Å². The number of rotatable bonds is 2. The standard InChI is InChI=1S/C12H15NO2S/c1-12(2,3)11-13-8(7-16-11)10(14)9-5-4-6-15-9/h4-7,10,14H,1-3H3. The van der Waals surface area contributed by atoms with Crippen molar-refractivity contribution in [2.24, 2.45) is 0 Å². The normalized spacial score (nSPS) is 14.0. The zero-order valence-electron chi connectivity index (χ0n) is 9.60. The number of hydrogen-bond donors (Lipinski definition) is 1. The molecule has 3 nitrogen and oxygen atoms in total. The molecule has 0 saturated carbocycles. The first kappa shape index (κ1) is 11.4. The molecule has 2 aromatic heterocycles. The molecule has 4 heteroatoms. The molecule has 0 amide bonds. The van der Waals surface area contributed by atoms with Gasteiger partial charge in [0.05, 0.1) is 17.0 Å². The average Bonchev–Trinajstić information content (AvgIpc) is 2.87. The Balaban J connectivity index is 2.26. The number of aliphatic hydroxyl groups excluding tert-OH is 1. The van der Waals surface area contributed by atoms with E-state index in [0.29, 0.717) is 11.5 Å². The largest absolute Gasteiger partial charge is 0.466 e. The minimum atomic E-state index is -0.762. The maximum Gasteiger partial charge on any atom is 0.154 e. The van der Waals surface area contributed by atoms with E-state index in [-0.39, 0.29) is 5.41 Å². The molecule has 1 unspecified atom stereocenters. The minimum Gasteiger partial charge on any atom is -0.466 e. The van der Waals surface area contributed by atoms with Gasteiger partial charge in [-0.05, 0) is 12.1 Å². The average molecular weight is 237 g/mol. The lowest BCUT2D eigenvalue weighted by atomic mass is 9.98. The van der Waals surface area contributed by atoms with Crippen molar-refractivity contribution in [3.05, 3.63) is 40.2 Å². The van der Waals surface area contributed by atoms with Crippen LogP contribution in [0.25, 0.3) is 0 Å². The Morgan fingerprint density at radius 3 is 2.69 bits per heavy atom. The fourth-order valence-electron chi connectivity index (χ4n) is 1.35. The molecule has 0 radical (unpaired) electrons. The van der Waals surface area contributed by atoms with Gasteiger partial charge in [0, 0.05) is 10.8 Å². The minimum absolute atomic E-state index is 0.0196. The zero-order valence-corrected chi connectivity index (χ0v) is 10.4. The van der Waals surface area contributed by atoms with E-state index < -0.39 is 6.10 Å². The van der Waals surface area contributed by atoms with E-state index in [0.717, 1.165) is 5.01 Å². The molecule has 2 aromatic rings. The van der Waals surface area contributed by atoms with Gasteiger partial charge < -0.3 is 9.52 Å². The van der Waals surface area contributed by atoms with Crippen LogP contribution in [0.2, 0.25) is 0 Å². The summed E-state index contributed by atoms with van der Waals surface area (Å²) in [5, 5.41) is 12.9. The van der Waals surface area contributed by atoms with E-state index in [1.54, 1.807) is 29.7 Å². The third-order valence-electron chi connectivity index (χ3n) is 2.26. The summed E-state index contributed by atoms with van der Waals surface area (Å²) in [5.41, 5.74) is 0.677. The van der Waals surface area contributed by atoms with Crippen molar-refractivity contribution >= 4 is 11.3 Å². The third kappa shape index (κ3) is 2.18. The van der Waals surface area contributed by atoms with Crippen LogP contribution in [-0.4, -0.2) is 10.1 Å². The molecule has 0 aliphatic rings. The summed E-state index contributed by atoms with van der Waals surface area (Å²) in [7, 11) is 0. The van der Waals surface area contributed by atoms with Gasteiger partial charge in [0.25, 0.3) is 0 Å². The highest BCUT2D eigenvalue weighted by atomic mass is 32.1. The molecule has 0 fully saturated rings. The summed E-state index contributed by atoms with van der Waals surface area (Å²) < 4.78 is 5.16. The molecule has 0 saturated heterocycles. The fourth-order valence-corrected chi connectivity index (χ4v) is 2.27. The molecule has 1 N–H and O–H groups in total. The van der Waals surface area contributed by atoms with Crippen LogP contribution in [0.3, 0.4) is 0 Å². The van der Waals surface area contributed by atoms with E-state index in [1.807, 2.05) is 5.38 Å². The van der Waals surface area contributed by atoms with Crippen molar-refractivity contribution in [2.45, 2.75) is 32.3 Å². The summed E-state index contributed by atoms with van der Waals surface area (Å²) in [6, 6.07) is 3.51. The van der Waals surface area contributed by atoms with Crippen LogP contribution in [0.4, 0.5) is 0 Å². The molecular formula is C12H15NO2S. The molecule has 16 heavy (non-hydrogen) atoms. The molecule has 0 aromatic carbocycles. The summed E-state index contributed by atoms with van der Waals surface area (Å²) in [5.74, 6) is 0.533. The van der Waals surface area contributed by atoms with Crippen LogP contribution in [0.5, 0.6) is 0 Å². The number of aromatic nitrogens is 1. The maximum atomic E-state index is 10.0. The number of furan rings is 1. The monoisotopic (exact) mass is 237 g/mol. The molecule has 1 atom stereocenters. The van der Waals surface area contributed by atoms with E-state index in [1.165, 1.54) is 0 Å². The van der Waals surface area contributed by atoms with Gasteiger partial charge in [0.1, 0.15) is 5.76 Å². The quantitative estimate of drug-likeness (QED) is 0.873. The second kappa shape index (κ2) is 4.03. The highest BCUT2D eigenvalue weighted by molar-refractivity contribution is 7.09. The number of nitrogens with zero attached hydrogens (tertiary/aromatic N) is 1. The van der Waals surface area contributed by atoms with Crippen molar-refractivity contribution in [3.63, 3.8) is 0 Å². The van der Waals surface area contributed by atoms with E-state index in [9.17, 15) is 5.11 Å². The van der Waals surface area contributed by atoms with E-state index >= 15 is 0 Å². The van der Waals surface area contributed by atoms with Crippen LogP contribution in [0.15, 0.2) is 28.2 Å². The second-order valence-corrected chi connectivity index (χ2v) is 5.60. The summed E-state index contributed by atoms with van der Waals surface area (Å²) in [6.45, 7) is 6.32. The van der Waals surface area contributed by atoms with Gasteiger partial charge in [-0.25, -0.2) is 4.98 Å². The van der Waals surface area contributed by atoms with E-state index in [2.05, 4.69) is 25.8 Å². The topological polar surface area (TPSA) is 46.3 Å². The number of thiazole rings is 1. The predicted molar refractivity (Wildman–Crippen MR) is 63.6 cm³/mol. The highest BCUT2D eigenvalue weighted by Gasteiger charge is 2.22. The van der Waals surface area contributed by atoms with Gasteiger partial charge >= 0.3 is 0 Å². The van der Waals surface area contributed by atoms with Crippen LogP contribution >= 0.6 is 11.3 Å². The maximum absolute atomic E-state index is 10.0. The van der Waals surface area contributed by atoms with Crippen molar-refractivity contribution in [1.29, 1.82) is 0 Å². The lowest BCUT2D eigenvalue weighted by Crippen LogP contribution is -2.11. The smallest absolute Gasteiger partial charge is 0.154 e. The van der Waals surface area contributed by atoms with Crippen LogP contribution in [-0.2, 0) is 5.41 Å². The second-order valence-electron chi connectivity index (χ2n) is 4.75. The van der Waals surface area contributed by atoms with Gasteiger partial charge in [0.2, 0.25) is 0 Å². The van der Waals surface area contributed by atoms with E-state index in [4.69, 9.17) is 4.42 Å². The van der Waals surface area contributed by atoms with Gasteiger partial charge in [-0.3, -0.25) is 0 Å². The molecule has 0 spiro atoms. The van der Waals surface area contributed by atoms with Crippen molar-refractivity contribution in [1.82, 2.24) is 4.98 Å². The number of aliphatic hydroxyl groups is 1. The molecule has 86 valence electrons. The fraction of sp³-hybridized carbons (Fsp3) is 0.417. The highest BCUT2D eigenvalue weighted by Crippen LogP contribution is 2.29. The Kier molecular flexibility index (Phi) is 2.86. The van der Waals surface area contributed by atoms with Gasteiger partial charge in [-0.15, -0.1) is 11.3 Å². The summed E-state index contributed by atoms with van der Waals surface area (Å²) in [6.07, 6.45) is 0.789. The van der Waals surface area contributed by atoms with Crippen LogP contribution < -0.4 is 0 Å². The Bertz CT molecular complexity index is 454. The molecule has 0 aliphatic carbocycles. The SMILES string of the molecule is CC(C)(C)c1nc(C(O)c2ccco2)cs1. The predicted octanol–water partition coefficient (Wildman–Crippen LogP) is 3.12. The molecule has 0 aliphatic heterocycles. The Labute approximate surface area is 98.8 Å². The zero-order chi connectivity index (χ0) is 11.8. The number of hydrogen-bond acceptors (Lipinski definition) is 4. The third-order valence-corrected chi connectivity index (χ3v) is 3.54.